The SMILES string of the molecule is O=C1C(=Cc2ccccc2OCCOc2ccc(Br)cc2)SC(=S)N1c1ccccc1. The summed E-state index contributed by atoms with van der Waals surface area (Å²) in [5.41, 5.74) is 1.59. The number of carbonyl (C=O) groups excluding carboxylic acids is 1. The number of carbonyl (C=O) groups is 1. The zero-order chi connectivity index (χ0) is 21.6. The van der Waals surface area contributed by atoms with Crippen molar-refractivity contribution in [2.45, 2.75) is 0 Å². The highest BCUT2D eigenvalue weighted by Crippen LogP contribution is 2.37. The van der Waals surface area contributed by atoms with Crippen molar-refractivity contribution in [3.63, 3.8) is 0 Å². The summed E-state index contributed by atoms with van der Waals surface area (Å²) in [5.74, 6) is 1.34. The summed E-state index contributed by atoms with van der Waals surface area (Å²) in [5, 5.41) is 0. The zero-order valence-corrected chi connectivity index (χ0v) is 19.6. The standard InChI is InChI=1S/C24H18BrNO3S2/c25-18-10-12-20(13-11-18)28-14-15-29-21-9-5-4-6-17(21)16-22-23(27)26(24(30)31-22)19-7-2-1-3-8-19/h1-13,16H,14-15H2. The van der Waals surface area contributed by atoms with Crippen molar-refractivity contribution in [3.8, 4) is 11.5 Å². The van der Waals surface area contributed by atoms with Crippen LogP contribution in [0.1, 0.15) is 5.56 Å². The lowest BCUT2D eigenvalue weighted by Gasteiger charge is -2.14. The van der Waals surface area contributed by atoms with Crippen molar-refractivity contribution >= 4 is 61.9 Å². The lowest BCUT2D eigenvalue weighted by molar-refractivity contribution is -0.113. The van der Waals surface area contributed by atoms with E-state index in [1.807, 2.05) is 84.9 Å². The molecule has 0 bridgehead atoms. The number of nitrogens with zero attached hydrogens (tertiary/aromatic N) is 1. The van der Waals surface area contributed by atoms with Crippen molar-refractivity contribution in [2.75, 3.05) is 18.1 Å². The number of benzene rings is 3. The second-order valence-corrected chi connectivity index (χ2v) is 9.13. The van der Waals surface area contributed by atoms with E-state index in [1.54, 1.807) is 4.90 Å². The average molecular weight is 512 g/mol. The van der Waals surface area contributed by atoms with Gasteiger partial charge in [-0.3, -0.25) is 9.69 Å². The largest absolute Gasteiger partial charge is 0.490 e. The molecule has 0 radical (unpaired) electrons. The monoisotopic (exact) mass is 511 g/mol. The fourth-order valence-corrected chi connectivity index (χ4v) is 4.54. The average Bonchev–Trinajstić information content (AvgIpc) is 3.07. The first-order chi connectivity index (χ1) is 15.1. The Balaban J connectivity index is 1.43. The minimum atomic E-state index is -0.130. The van der Waals surface area contributed by atoms with Crippen molar-refractivity contribution in [3.05, 3.63) is 93.8 Å². The van der Waals surface area contributed by atoms with Crippen LogP contribution in [-0.2, 0) is 4.79 Å². The topological polar surface area (TPSA) is 38.8 Å². The van der Waals surface area contributed by atoms with Gasteiger partial charge in [-0.2, -0.15) is 0 Å². The third-order valence-electron chi connectivity index (χ3n) is 4.44. The van der Waals surface area contributed by atoms with Gasteiger partial charge in [0.25, 0.3) is 5.91 Å². The third kappa shape index (κ3) is 5.36. The van der Waals surface area contributed by atoms with Gasteiger partial charge in [0.05, 0.1) is 10.6 Å². The van der Waals surface area contributed by atoms with Gasteiger partial charge in [0.15, 0.2) is 4.32 Å². The van der Waals surface area contributed by atoms with E-state index in [0.29, 0.717) is 28.2 Å². The van der Waals surface area contributed by atoms with Gasteiger partial charge in [-0.15, -0.1) is 0 Å². The van der Waals surface area contributed by atoms with Crippen LogP contribution >= 0.6 is 39.9 Å². The molecule has 4 nitrogen and oxygen atoms in total. The molecule has 3 aromatic carbocycles. The minimum absolute atomic E-state index is 0.130. The molecular formula is C24H18BrNO3S2. The molecule has 3 aromatic rings. The van der Waals surface area contributed by atoms with Gasteiger partial charge < -0.3 is 9.47 Å². The van der Waals surface area contributed by atoms with Crippen LogP contribution in [0.3, 0.4) is 0 Å². The van der Waals surface area contributed by atoms with E-state index in [9.17, 15) is 4.79 Å². The number of thiocarbonyl (C=S) groups is 1. The maximum atomic E-state index is 13.0. The summed E-state index contributed by atoms with van der Waals surface area (Å²) in [6.45, 7) is 0.790. The van der Waals surface area contributed by atoms with E-state index in [4.69, 9.17) is 21.7 Å². The van der Waals surface area contributed by atoms with Gasteiger partial charge in [0.2, 0.25) is 0 Å². The predicted octanol–water partition coefficient (Wildman–Crippen LogP) is 6.31. The van der Waals surface area contributed by atoms with E-state index in [-0.39, 0.29) is 5.91 Å². The molecule has 0 atom stereocenters. The Labute approximate surface area is 199 Å². The van der Waals surface area contributed by atoms with Gasteiger partial charge in [0.1, 0.15) is 24.7 Å². The molecule has 0 N–H and O–H groups in total. The molecule has 1 saturated heterocycles. The van der Waals surface area contributed by atoms with E-state index in [1.165, 1.54) is 11.8 Å². The van der Waals surface area contributed by atoms with Gasteiger partial charge in [-0.1, -0.05) is 76.3 Å². The fraction of sp³-hybridized carbons (Fsp3) is 0.0833. The van der Waals surface area contributed by atoms with Gasteiger partial charge >= 0.3 is 0 Å². The van der Waals surface area contributed by atoms with Crippen LogP contribution in [0.2, 0.25) is 0 Å². The Morgan fingerprint density at radius 2 is 1.58 bits per heavy atom. The van der Waals surface area contributed by atoms with E-state index < -0.39 is 0 Å². The van der Waals surface area contributed by atoms with Crippen molar-refractivity contribution in [1.82, 2.24) is 0 Å². The predicted molar refractivity (Wildman–Crippen MR) is 134 cm³/mol. The number of halogens is 1. The van der Waals surface area contributed by atoms with E-state index in [2.05, 4.69) is 15.9 Å². The molecule has 4 rings (SSSR count). The summed E-state index contributed by atoms with van der Waals surface area (Å²) < 4.78 is 13.1. The molecule has 7 heteroatoms. The highest BCUT2D eigenvalue weighted by molar-refractivity contribution is 9.10. The van der Waals surface area contributed by atoms with Crippen LogP contribution in [0.5, 0.6) is 11.5 Å². The maximum Gasteiger partial charge on any atom is 0.270 e. The van der Waals surface area contributed by atoms with Crippen LogP contribution in [0, 0.1) is 0 Å². The first-order valence-corrected chi connectivity index (χ1v) is 11.6. The molecular weight excluding hydrogens is 494 g/mol. The number of amides is 1. The molecule has 1 aliphatic rings. The van der Waals surface area contributed by atoms with E-state index in [0.717, 1.165) is 21.5 Å². The lowest BCUT2D eigenvalue weighted by Crippen LogP contribution is -2.27. The second kappa shape index (κ2) is 10.1. The van der Waals surface area contributed by atoms with Gasteiger partial charge in [-0.25, -0.2) is 0 Å². The van der Waals surface area contributed by atoms with Crippen LogP contribution in [0.15, 0.2) is 88.2 Å². The van der Waals surface area contributed by atoms with Crippen LogP contribution in [0.4, 0.5) is 5.69 Å². The number of rotatable bonds is 7. The number of anilines is 1. The highest BCUT2D eigenvalue weighted by Gasteiger charge is 2.33. The molecule has 1 fully saturated rings. The maximum absolute atomic E-state index is 13.0. The molecule has 0 unspecified atom stereocenters. The third-order valence-corrected chi connectivity index (χ3v) is 6.27. The molecule has 156 valence electrons. The fourth-order valence-electron chi connectivity index (χ4n) is 2.98. The summed E-state index contributed by atoms with van der Waals surface area (Å²) >= 11 is 10.1. The Morgan fingerprint density at radius 3 is 2.35 bits per heavy atom. The number of hydrogen-bond donors (Lipinski definition) is 0. The number of para-hydroxylation sites is 2. The van der Waals surface area contributed by atoms with Crippen molar-refractivity contribution < 1.29 is 14.3 Å². The van der Waals surface area contributed by atoms with Crippen LogP contribution in [-0.4, -0.2) is 23.4 Å². The molecule has 0 saturated carbocycles. The van der Waals surface area contributed by atoms with Crippen molar-refractivity contribution in [2.24, 2.45) is 0 Å². The molecule has 31 heavy (non-hydrogen) atoms. The minimum Gasteiger partial charge on any atom is -0.490 e. The summed E-state index contributed by atoms with van der Waals surface area (Å²) in [4.78, 5) is 15.1. The normalized spacial score (nSPS) is 14.9. The summed E-state index contributed by atoms with van der Waals surface area (Å²) in [6, 6.07) is 24.7. The van der Waals surface area contributed by atoms with Gasteiger partial charge in [-0.05, 0) is 48.5 Å². The van der Waals surface area contributed by atoms with Crippen LogP contribution in [0.25, 0.3) is 6.08 Å². The second-order valence-electron chi connectivity index (χ2n) is 6.54. The number of ether oxygens (including phenoxy) is 2. The Bertz CT molecular complexity index is 1120. The molecule has 0 aliphatic carbocycles. The molecule has 0 spiro atoms. The molecule has 1 amide bonds. The van der Waals surface area contributed by atoms with Gasteiger partial charge in [0, 0.05) is 10.0 Å². The lowest BCUT2D eigenvalue weighted by atomic mass is 10.2. The van der Waals surface area contributed by atoms with Crippen molar-refractivity contribution in [1.29, 1.82) is 0 Å². The summed E-state index contributed by atoms with van der Waals surface area (Å²) in [6.07, 6.45) is 1.83. The van der Waals surface area contributed by atoms with E-state index >= 15 is 0 Å². The highest BCUT2D eigenvalue weighted by atomic mass is 79.9. The Kier molecular flexibility index (Phi) is 7.06. The molecule has 0 aromatic heterocycles. The zero-order valence-electron chi connectivity index (χ0n) is 16.4. The smallest absolute Gasteiger partial charge is 0.270 e. The summed E-state index contributed by atoms with van der Waals surface area (Å²) in [7, 11) is 0. The van der Waals surface area contributed by atoms with Crippen LogP contribution < -0.4 is 14.4 Å². The number of thioether (sulfide) groups is 1. The molecule has 1 heterocycles. The number of hydrogen-bond acceptors (Lipinski definition) is 5. The Hall–Kier alpha value is -2.61. The molecule has 1 aliphatic heterocycles. The first kappa shape index (κ1) is 21.6. The first-order valence-electron chi connectivity index (χ1n) is 9.55. The quantitative estimate of drug-likeness (QED) is 0.211. The Morgan fingerprint density at radius 1 is 0.903 bits per heavy atom.